The quantitative estimate of drug-likeness (QED) is 0.0348. The molecule has 6 unspecified atom stereocenters. The van der Waals surface area contributed by atoms with Crippen molar-refractivity contribution < 1.29 is 50.1 Å². The molecule has 0 heterocycles. The SMILES string of the molecule is CC(O)N(O)CCCC(N)C(=O)NC(CCCN(O)C(C)O)C(=O)NC(CCCN(O)C(C)O)C(=O)NCC=O. The number of amides is 3. The van der Waals surface area contributed by atoms with E-state index in [1.807, 2.05) is 0 Å². The molecular formula is C23H47N7O10. The fraction of sp³-hybridized carbons (Fsp3) is 0.826. The van der Waals surface area contributed by atoms with Crippen molar-refractivity contribution in [2.24, 2.45) is 5.73 Å². The summed E-state index contributed by atoms with van der Waals surface area (Å²) in [5, 5.41) is 66.4. The summed E-state index contributed by atoms with van der Waals surface area (Å²) < 4.78 is 0. The molecule has 0 radical (unpaired) electrons. The summed E-state index contributed by atoms with van der Waals surface area (Å²) in [6, 6.07) is -3.40. The molecule has 17 heteroatoms. The number of hydrogen-bond acceptors (Lipinski definition) is 14. The first-order valence-electron chi connectivity index (χ1n) is 13.2. The lowest BCUT2D eigenvalue weighted by Crippen LogP contribution is -2.56. The molecule has 0 spiro atoms. The topological polar surface area (TPSA) is 261 Å². The first-order chi connectivity index (χ1) is 18.7. The van der Waals surface area contributed by atoms with Crippen LogP contribution in [0.5, 0.6) is 0 Å². The average Bonchev–Trinajstić information content (AvgIpc) is 2.89. The Balaban J connectivity index is 5.45. The minimum atomic E-state index is -1.19. The van der Waals surface area contributed by atoms with Gasteiger partial charge in [-0.25, -0.2) is 0 Å². The Kier molecular flexibility index (Phi) is 19.3. The van der Waals surface area contributed by atoms with Crippen LogP contribution in [-0.2, 0) is 19.2 Å². The van der Waals surface area contributed by atoms with Crippen molar-refractivity contribution >= 4 is 24.0 Å². The van der Waals surface area contributed by atoms with Crippen molar-refractivity contribution in [2.45, 2.75) is 96.1 Å². The highest BCUT2D eigenvalue weighted by Gasteiger charge is 2.28. The summed E-state index contributed by atoms with van der Waals surface area (Å²) >= 11 is 0. The number of hydrogen-bond donors (Lipinski definition) is 10. The predicted octanol–water partition coefficient (Wildman–Crippen LogP) is -2.97. The van der Waals surface area contributed by atoms with Gasteiger partial charge in [0.2, 0.25) is 17.7 Å². The number of carbonyl (C=O) groups is 4. The second-order valence-electron chi connectivity index (χ2n) is 9.45. The van der Waals surface area contributed by atoms with Crippen molar-refractivity contribution in [3.63, 3.8) is 0 Å². The van der Waals surface area contributed by atoms with E-state index in [1.165, 1.54) is 20.8 Å². The third kappa shape index (κ3) is 16.1. The summed E-state index contributed by atoms with van der Waals surface area (Å²) in [6.45, 7) is 3.73. The van der Waals surface area contributed by atoms with Gasteiger partial charge in [-0.2, -0.15) is 15.2 Å². The van der Waals surface area contributed by atoms with Gasteiger partial charge >= 0.3 is 0 Å². The van der Waals surface area contributed by atoms with Crippen LogP contribution in [0, 0.1) is 0 Å². The molecule has 0 saturated carbocycles. The molecule has 0 aromatic carbocycles. The van der Waals surface area contributed by atoms with Crippen LogP contribution in [0.2, 0.25) is 0 Å². The molecule has 6 atom stereocenters. The van der Waals surface area contributed by atoms with Gasteiger partial charge in [0.05, 0.1) is 12.6 Å². The van der Waals surface area contributed by atoms with Gasteiger partial charge in [-0.1, -0.05) is 0 Å². The Morgan fingerprint density at radius 2 is 1.07 bits per heavy atom. The average molecular weight is 582 g/mol. The number of nitrogens with two attached hydrogens (primary N) is 1. The zero-order chi connectivity index (χ0) is 30.8. The maximum atomic E-state index is 13.2. The van der Waals surface area contributed by atoms with Crippen LogP contribution in [-0.4, -0.2) is 133 Å². The van der Waals surface area contributed by atoms with Gasteiger partial charge in [0.25, 0.3) is 0 Å². The van der Waals surface area contributed by atoms with Crippen LogP contribution in [0.25, 0.3) is 0 Å². The fourth-order valence-corrected chi connectivity index (χ4v) is 3.43. The fourth-order valence-electron chi connectivity index (χ4n) is 3.43. The number of aldehydes is 1. The molecule has 0 fully saturated rings. The van der Waals surface area contributed by atoms with Crippen LogP contribution in [0.1, 0.15) is 59.3 Å². The zero-order valence-electron chi connectivity index (χ0n) is 23.3. The Morgan fingerprint density at radius 1 is 0.700 bits per heavy atom. The van der Waals surface area contributed by atoms with E-state index in [2.05, 4.69) is 16.0 Å². The number of hydroxylamine groups is 6. The largest absolute Gasteiger partial charge is 0.377 e. The van der Waals surface area contributed by atoms with Crippen molar-refractivity contribution in [1.29, 1.82) is 0 Å². The van der Waals surface area contributed by atoms with E-state index in [4.69, 9.17) is 5.73 Å². The van der Waals surface area contributed by atoms with Crippen LogP contribution < -0.4 is 21.7 Å². The number of nitrogens with zero attached hydrogens (tertiary/aromatic N) is 3. The molecule has 0 aliphatic heterocycles. The molecule has 17 nitrogen and oxygen atoms in total. The first kappa shape index (κ1) is 37.7. The summed E-state index contributed by atoms with van der Waals surface area (Å²) in [5.74, 6) is -2.11. The molecule has 0 aromatic heterocycles. The Bertz CT molecular complexity index is 760. The molecule has 0 aliphatic carbocycles. The second kappa shape index (κ2) is 20.5. The third-order valence-electron chi connectivity index (χ3n) is 5.92. The van der Waals surface area contributed by atoms with Gasteiger partial charge in [-0.3, -0.25) is 14.4 Å². The van der Waals surface area contributed by atoms with Crippen LogP contribution in [0.4, 0.5) is 0 Å². The highest BCUT2D eigenvalue weighted by Crippen LogP contribution is 2.07. The van der Waals surface area contributed by atoms with Crippen LogP contribution in [0.15, 0.2) is 0 Å². The standard InChI is InChI=1S/C23H47N7O10/c1-15(32)28(38)11-4-7-18(24)21(35)26-20(9-6-13-30(40)17(3)34)23(37)27-19(22(36)25-10-14-31)8-5-12-29(39)16(2)33/h14-20,32-34,38-40H,4-13,24H2,1-3H3,(H,25,36)(H,26,35)(H,27,37). The lowest BCUT2D eigenvalue weighted by atomic mass is 10.1. The molecule has 11 N–H and O–H groups in total. The van der Waals surface area contributed by atoms with E-state index in [-0.39, 0.29) is 64.7 Å². The highest BCUT2D eigenvalue weighted by molar-refractivity contribution is 5.93. The maximum Gasteiger partial charge on any atom is 0.243 e. The smallest absolute Gasteiger partial charge is 0.243 e. The third-order valence-corrected chi connectivity index (χ3v) is 5.92. The predicted molar refractivity (Wildman–Crippen MR) is 139 cm³/mol. The van der Waals surface area contributed by atoms with E-state index in [9.17, 15) is 50.1 Å². The molecule has 0 bridgehead atoms. The van der Waals surface area contributed by atoms with Gasteiger partial charge in [-0.15, -0.1) is 0 Å². The number of carbonyl (C=O) groups excluding carboxylic acids is 4. The van der Waals surface area contributed by atoms with Gasteiger partial charge in [-0.05, 0) is 59.3 Å². The van der Waals surface area contributed by atoms with E-state index in [0.29, 0.717) is 21.5 Å². The van der Waals surface area contributed by atoms with Gasteiger partial charge < -0.3 is 57.4 Å². The summed E-state index contributed by atoms with van der Waals surface area (Å²) in [6.07, 6.45) is -2.24. The molecule has 0 rings (SSSR count). The zero-order valence-corrected chi connectivity index (χ0v) is 23.3. The molecule has 3 amide bonds. The Morgan fingerprint density at radius 3 is 1.48 bits per heavy atom. The summed E-state index contributed by atoms with van der Waals surface area (Å²) in [4.78, 5) is 49.2. The van der Waals surface area contributed by atoms with Crippen LogP contribution in [0.3, 0.4) is 0 Å². The van der Waals surface area contributed by atoms with E-state index < -0.39 is 54.5 Å². The summed E-state index contributed by atoms with van der Waals surface area (Å²) in [5.41, 5.74) is 5.93. The molecule has 40 heavy (non-hydrogen) atoms. The Labute approximate surface area is 233 Å². The van der Waals surface area contributed by atoms with Crippen molar-refractivity contribution in [1.82, 2.24) is 31.1 Å². The first-order valence-corrected chi connectivity index (χ1v) is 13.2. The summed E-state index contributed by atoms with van der Waals surface area (Å²) in [7, 11) is 0. The van der Waals surface area contributed by atoms with Gasteiger partial charge in [0.1, 0.15) is 37.1 Å². The molecule has 0 aromatic rings. The highest BCUT2D eigenvalue weighted by atomic mass is 16.5. The minimum absolute atomic E-state index is 0.00433. The molecule has 234 valence electrons. The number of nitrogens with one attached hydrogen (secondary N) is 3. The minimum Gasteiger partial charge on any atom is -0.377 e. The number of aliphatic hydroxyl groups is 3. The normalized spacial score (nSPS) is 16.2. The molecule has 0 aliphatic rings. The van der Waals surface area contributed by atoms with Crippen molar-refractivity contribution in [3.8, 4) is 0 Å². The van der Waals surface area contributed by atoms with Gasteiger partial charge in [0.15, 0.2) is 0 Å². The number of rotatable bonds is 22. The molecular weight excluding hydrogens is 534 g/mol. The second-order valence-corrected chi connectivity index (χ2v) is 9.45. The monoisotopic (exact) mass is 581 g/mol. The number of aliphatic hydroxyl groups excluding tert-OH is 3. The van der Waals surface area contributed by atoms with E-state index in [0.717, 1.165) is 0 Å². The molecule has 0 saturated heterocycles. The van der Waals surface area contributed by atoms with Crippen LogP contribution >= 0.6 is 0 Å². The van der Waals surface area contributed by atoms with Crippen molar-refractivity contribution in [3.05, 3.63) is 0 Å². The van der Waals surface area contributed by atoms with E-state index >= 15 is 0 Å². The maximum absolute atomic E-state index is 13.2. The lowest BCUT2D eigenvalue weighted by molar-refractivity contribution is -0.189. The lowest BCUT2D eigenvalue weighted by Gasteiger charge is -2.25. The van der Waals surface area contributed by atoms with E-state index in [1.54, 1.807) is 0 Å². The Hall–Kier alpha value is -2.32. The van der Waals surface area contributed by atoms with Crippen molar-refractivity contribution in [2.75, 3.05) is 26.2 Å². The van der Waals surface area contributed by atoms with Gasteiger partial charge in [0, 0.05) is 19.6 Å².